The molecule has 0 radical (unpaired) electrons. The number of nitriles is 1. The number of nitrogens with one attached hydrogen (secondary N) is 1. The van der Waals surface area contributed by atoms with E-state index in [0.717, 1.165) is 5.56 Å². The van der Waals surface area contributed by atoms with Gasteiger partial charge in [0.25, 0.3) is 5.91 Å². The van der Waals surface area contributed by atoms with E-state index >= 15 is 0 Å². The molecule has 0 atom stereocenters. The maximum atomic E-state index is 12.6. The first-order chi connectivity index (χ1) is 13.8. The highest BCUT2D eigenvalue weighted by molar-refractivity contribution is 6.32. The molecule has 0 heterocycles. The first-order valence-corrected chi connectivity index (χ1v) is 9.83. The predicted molar refractivity (Wildman–Crippen MR) is 117 cm³/mol. The van der Waals surface area contributed by atoms with Gasteiger partial charge in [0.2, 0.25) is 0 Å². The highest BCUT2D eigenvalue weighted by atomic mass is 35.5. The smallest absolute Gasteiger partial charge is 0.266 e. The van der Waals surface area contributed by atoms with Gasteiger partial charge in [-0.05, 0) is 69.2 Å². The monoisotopic (exact) mass is 432 g/mol. The Hall–Kier alpha value is -2.68. The van der Waals surface area contributed by atoms with Crippen LogP contribution in [0.4, 0.5) is 5.69 Å². The summed E-state index contributed by atoms with van der Waals surface area (Å²) in [6, 6.07) is 10.4. The second kappa shape index (κ2) is 10.2. The minimum atomic E-state index is -0.547. The van der Waals surface area contributed by atoms with Crippen LogP contribution in [0.3, 0.4) is 0 Å². The highest BCUT2D eigenvalue weighted by Gasteiger charge is 2.16. The standard InChI is InChI=1S/C22H22Cl2N2O3/c1-5-28-20-11-15(10-18(24)21(20)29-13(2)3)9-16(12-25)22(27)26-19-8-6-7-17(23)14(19)4/h6-11,13H,5H2,1-4H3,(H,26,27)/b16-9+. The first-order valence-electron chi connectivity index (χ1n) is 9.08. The number of hydrogen-bond donors (Lipinski definition) is 1. The van der Waals surface area contributed by atoms with E-state index in [2.05, 4.69) is 5.32 Å². The van der Waals surface area contributed by atoms with Gasteiger partial charge in [0.1, 0.15) is 11.6 Å². The third kappa shape index (κ3) is 5.90. The number of carbonyl (C=O) groups is 1. The molecule has 0 spiro atoms. The molecule has 29 heavy (non-hydrogen) atoms. The van der Waals surface area contributed by atoms with Crippen LogP contribution in [0.25, 0.3) is 6.08 Å². The maximum absolute atomic E-state index is 12.6. The molecule has 0 saturated carbocycles. The van der Waals surface area contributed by atoms with Crippen molar-refractivity contribution in [1.29, 1.82) is 5.26 Å². The molecular weight excluding hydrogens is 411 g/mol. The molecule has 0 aromatic heterocycles. The SMILES string of the molecule is CCOc1cc(/C=C(\C#N)C(=O)Nc2cccc(Cl)c2C)cc(Cl)c1OC(C)C. The molecule has 0 aliphatic rings. The first kappa shape index (κ1) is 22.6. The zero-order valence-electron chi connectivity index (χ0n) is 16.7. The summed E-state index contributed by atoms with van der Waals surface area (Å²) in [6.45, 7) is 7.82. The van der Waals surface area contributed by atoms with Gasteiger partial charge < -0.3 is 14.8 Å². The Morgan fingerprint density at radius 2 is 2.00 bits per heavy atom. The van der Waals surface area contributed by atoms with Crippen molar-refractivity contribution in [2.75, 3.05) is 11.9 Å². The van der Waals surface area contributed by atoms with Crippen molar-refractivity contribution in [1.82, 2.24) is 0 Å². The van der Waals surface area contributed by atoms with E-state index in [1.807, 2.05) is 26.8 Å². The Morgan fingerprint density at radius 1 is 1.28 bits per heavy atom. The van der Waals surface area contributed by atoms with E-state index in [1.165, 1.54) is 6.08 Å². The van der Waals surface area contributed by atoms with Gasteiger partial charge in [-0.1, -0.05) is 29.3 Å². The van der Waals surface area contributed by atoms with Gasteiger partial charge in [0, 0.05) is 10.7 Å². The molecule has 0 fully saturated rings. The maximum Gasteiger partial charge on any atom is 0.266 e. The Labute approximate surface area is 180 Å². The number of nitrogens with zero attached hydrogens (tertiary/aromatic N) is 1. The van der Waals surface area contributed by atoms with Gasteiger partial charge in [-0.25, -0.2) is 0 Å². The van der Waals surface area contributed by atoms with E-state index in [4.69, 9.17) is 32.7 Å². The van der Waals surface area contributed by atoms with Gasteiger partial charge in [-0.3, -0.25) is 4.79 Å². The summed E-state index contributed by atoms with van der Waals surface area (Å²) in [5.74, 6) is 0.330. The van der Waals surface area contributed by atoms with Crippen molar-refractivity contribution in [3.63, 3.8) is 0 Å². The van der Waals surface area contributed by atoms with Crippen LogP contribution < -0.4 is 14.8 Å². The second-order valence-electron chi connectivity index (χ2n) is 6.47. The van der Waals surface area contributed by atoms with Gasteiger partial charge >= 0.3 is 0 Å². The Bertz CT molecular complexity index is 979. The van der Waals surface area contributed by atoms with Crippen molar-refractivity contribution in [3.8, 4) is 17.6 Å². The molecule has 152 valence electrons. The minimum absolute atomic E-state index is 0.0829. The number of ether oxygens (including phenoxy) is 2. The largest absolute Gasteiger partial charge is 0.490 e. The van der Waals surface area contributed by atoms with Gasteiger partial charge in [-0.15, -0.1) is 0 Å². The molecule has 2 rings (SSSR count). The lowest BCUT2D eigenvalue weighted by atomic mass is 10.1. The fourth-order valence-electron chi connectivity index (χ4n) is 2.53. The van der Waals surface area contributed by atoms with Crippen LogP contribution >= 0.6 is 23.2 Å². The molecule has 2 aromatic rings. The summed E-state index contributed by atoms with van der Waals surface area (Å²) < 4.78 is 11.4. The van der Waals surface area contributed by atoms with E-state index in [-0.39, 0.29) is 11.7 Å². The lowest BCUT2D eigenvalue weighted by molar-refractivity contribution is -0.112. The number of amides is 1. The van der Waals surface area contributed by atoms with Crippen molar-refractivity contribution >= 4 is 40.9 Å². The van der Waals surface area contributed by atoms with E-state index in [9.17, 15) is 10.1 Å². The average molecular weight is 433 g/mol. The Morgan fingerprint density at radius 3 is 2.62 bits per heavy atom. The molecule has 2 aromatic carbocycles. The molecular formula is C22H22Cl2N2O3. The minimum Gasteiger partial charge on any atom is -0.490 e. The van der Waals surface area contributed by atoms with Crippen LogP contribution in [-0.2, 0) is 4.79 Å². The summed E-state index contributed by atoms with van der Waals surface area (Å²) in [4.78, 5) is 12.6. The fourth-order valence-corrected chi connectivity index (χ4v) is 2.97. The Balaban J connectivity index is 2.37. The molecule has 5 nitrogen and oxygen atoms in total. The zero-order valence-corrected chi connectivity index (χ0v) is 18.2. The summed E-state index contributed by atoms with van der Waals surface area (Å²) >= 11 is 12.4. The summed E-state index contributed by atoms with van der Waals surface area (Å²) in [5.41, 5.74) is 1.72. The van der Waals surface area contributed by atoms with Crippen LogP contribution in [0.15, 0.2) is 35.9 Å². The predicted octanol–water partition coefficient (Wildman–Crippen LogP) is 6.03. The van der Waals surface area contributed by atoms with Crippen LogP contribution in [0.2, 0.25) is 10.0 Å². The van der Waals surface area contributed by atoms with Crippen molar-refractivity contribution in [2.24, 2.45) is 0 Å². The molecule has 1 N–H and O–H groups in total. The number of anilines is 1. The second-order valence-corrected chi connectivity index (χ2v) is 7.28. The van der Waals surface area contributed by atoms with E-state index in [0.29, 0.717) is 39.4 Å². The molecule has 0 aliphatic heterocycles. The Kier molecular flexibility index (Phi) is 7.95. The third-order valence-corrected chi connectivity index (χ3v) is 4.57. The molecule has 7 heteroatoms. The fraction of sp³-hybridized carbons (Fsp3) is 0.273. The van der Waals surface area contributed by atoms with Crippen LogP contribution in [0.5, 0.6) is 11.5 Å². The quantitative estimate of drug-likeness (QED) is 0.427. The van der Waals surface area contributed by atoms with Crippen LogP contribution in [0, 0.1) is 18.3 Å². The topological polar surface area (TPSA) is 71.3 Å². The van der Waals surface area contributed by atoms with Gasteiger partial charge in [-0.2, -0.15) is 5.26 Å². The van der Waals surface area contributed by atoms with E-state index < -0.39 is 5.91 Å². The molecule has 1 amide bonds. The molecule has 0 saturated heterocycles. The lowest BCUT2D eigenvalue weighted by Gasteiger charge is -2.16. The van der Waals surface area contributed by atoms with Crippen LogP contribution in [-0.4, -0.2) is 18.6 Å². The van der Waals surface area contributed by atoms with Gasteiger partial charge in [0.05, 0.1) is 17.7 Å². The third-order valence-electron chi connectivity index (χ3n) is 3.88. The van der Waals surface area contributed by atoms with Crippen LogP contribution in [0.1, 0.15) is 31.9 Å². The number of carbonyl (C=O) groups excluding carboxylic acids is 1. The number of benzene rings is 2. The summed E-state index contributed by atoms with van der Waals surface area (Å²) in [7, 11) is 0. The van der Waals surface area contributed by atoms with Gasteiger partial charge in [0.15, 0.2) is 11.5 Å². The molecule has 0 bridgehead atoms. The molecule has 0 aliphatic carbocycles. The normalized spacial score (nSPS) is 11.2. The van der Waals surface area contributed by atoms with Crippen molar-refractivity contribution < 1.29 is 14.3 Å². The van der Waals surface area contributed by atoms with Crippen molar-refractivity contribution in [3.05, 3.63) is 57.1 Å². The summed E-state index contributed by atoms with van der Waals surface area (Å²) in [6.07, 6.45) is 1.36. The molecule has 0 unspecified atom stereocenters. The lowest BCUT2D eigenvalue weighted by Crippen LogP contribution is -2.14. The van der Waals surface area contributed by atoms with E-state index in [1.54, 1.807) is 37.3 Å². The highest BCUT2D eigenvalue weighted by Crippen LogP contribution is 2.38. The average Bonchev–Trinajstić information content (AvgIpc) is 2.66. The zero-order chi connectivity index (χ0) is 21.6. The number of hydrogen-bond acceptors (Lipinski definition) is 4. The number of halogens is 2. The number of rotatable bonds is 7. The summed E-state index contributed by atoms with van der Waals surface area (Å²) in [5, 5.41) is 13.1. The van der Waals surface area contributed by atoms with Crippen molar-refractivity contribution in [2.45, 2.75) is 33.8 Å².